The molecule has 0 saturated carbocycles. The van der Waals surface area contributed by atoms with Crippen LogP contribution in [0.4, 0.5) is 5.95 Å². The van der Waals surface area contributed by atoms with Gasteiger partial charge in [-0.05, 0) is 34.5 Å². The number of thiophene rings is 1. The third-order valence-corrected chi connectivity index (χ3v) is 3.60. The van der Waals surface area contributed by atoms with Gasteiger partial charge in [0.15, 0.2) is 5.65 Å². The maximum Gasteiger partial charge on any atom is 0.243 e. The second kappa shape index (κ2) is 5.16. The molecule has 5 nitrogen and oxygen atoms in total. The number of aromatic nitrogens is 3. The van der Waals surface area contributed by atoms with Crippen LogP contribution < -0.4 is 5.32 Å². The summed E-state index contributed by atoms with van der Waals surface area (Å²) in [5.74, 6) is 0.469. The number of fused-ring (bicyclic) bond motifs is 1. The largest absolute Gasteiger partial charge is 0.387 e. The lowest BCUT2D eigenvalue weighted by atomic mass is 10.2. The Morgan fingerprint density at radius 3 is 3.11 bits per heavy atom. The molecule has 0 saturated heterocycles. The summed E-state index contributed by atoms with van der Waals surface area (Å²) in [6.45, 7) is 0.362. The van der Waals surface area contributed by atoms with Crippen LogP contribution in [0.2, 0.25) is 5.02 Å². The smallest absolute Gasteiger partial charge is 0.243 e. The maximum atomic E-state index is 9.95. The molecule has 3 aromatic rings. The molecule has 3 aromatic heterocycles. The Balaban J connectivity index is 1.71. The first-order valence-corrected chi connectivity index (χ1v) is 7.00. The number of hydrogen-bond donors (Lipinski definition) is 2. The molecule has 2 N–H and O–H groups in total. The number of aliphatic hydroxyl groups is 1. The second-order valence-corrected chi connectivity index (χ2v) is 5.26. The Bertz CT molecular complexity index is 682. The lowest BCUT2D eigenvalue weighted by Gasteiger charge is -2.08. The van der Waals surface area contributed by atoms with Gasteiger partial charge >= 0.3 is 0 Å². The molecule has 0 radical (unpaired) electrons. The van der Waals surface area contributed by atoms with E-state index in [1.807, 2.05) is 16.8 Å². The van der Waals surface area contributed by atoms with Crippen molar-refractivity contribution >= 4 is 34.5 Å². The molecule has 0 bridgehead atoms. The molecule has 0 aromatic carbocycles. The predicted molar refractivity (Wildman–Crippen MR) is 75.8 cm³/mol. The van der Waals surface area contributed by atoms with Crippen molar-refractivity contribution < 1.29 is 5.11 Å². The molecule has 98 valence electrons. The van der Waals surface area contributed by atoms with Crippen LogP contribution in [-0.2, 0) is 0 Å². The van der Waals surface area contributed by atoms with Crippen molar-refractivity contribution in [3.05, 3.63) is 45.7 Å². The predicted octanol–water partition coefficient (Wildman–Crippen LogP) is 2.59. The van der Waals surface area contributed by atoms with Gasteiger partial charge in [-0.2, -0.15) is 16.3 Å². The molecular formula is C12H11ClN4OS. The van der Waals surface area contributed by atoms with E-state index < -0.39 is 6.10 Å². The molecule has 0 aliphatic rings. The highest BCUT2D eigenvalue weighted by Gasteiger charge is 2.09. The molecular weight excluding hydrogens is 284 g/mol. The van der Waals surface area contributed by atoms with Crippen molar-refractivity contribution in [1.29, 1.82) is 0 Å². The van der Waals surface area contributed by atoms with Gasteiger partial charge in [-0.25, -0.2) is 4.52 Å². The Morgan fingerprint density at radius 2 is 2.32 bits per heavy atom. The summed E-state index contributed by atoms with van der Waals surface area (Å²) < 4.78 is 1.60. The molecule has 1 atom stereocenters. The van der Waals surface area contributed by atoms with Crippen LogP contribution in [-0.4, -0.2) is 26.2 Å². The monoisotopic (exact) mass is 294 g/mol. The molecule has 1 unspecified atom stereocenters. The number of aliphatic hydroxyl groups excluding tert-OH is 1. The number of rotatable bonds is 4. The molecule has 3 rings (SSSR count). The minimum atomic E-state index is -0.568. The fourth-order valence-electron chi connectivity index (χ4n) is 1.70. The average Bonchev–Trinajstić information content (AvgIpc) is 3.04. The quantitative estimate of drug-likeness (QED) is 0.776. The van der Waals surface area contributed by atoms with Crippen LogP contribution in [0.5, 0.6) is 0 Å². The van der Waals surface area contributed by atoms with E-state index >= 15 is 0 Å². The second-order valence-electron chi connectivity index (χ2n) is 4.04. The van der Waals surface area contributed by atoms with Crippen molar-refractivity contribution in [3.8, 4) is 0 Å². The summed E-state index contributed by atoms with van der Waals surface area (Å²) in [4.78, 5) is 4.28. The van der Waals surface area contributed by atoms with E-state index in [0.717, 1.165) is 5.56 Å². The lowest BCUT2D eigenvalue weighted by molar-refractivity contribution is 0.192. The number of nitrogens with zero attached hydrogens (tertiary/aromatic N) is 3. The lowest BCUT2D eigenvalue weighted by Crippen LogP contribution is -2.12. The fraction of sp³-hybridized carbons (Fsp3) is 0.167. The van der Waals surface area contributed by atoms with Crippen LogP contribution in [0, 0.1) is 0 Å². The SMILES string of the molecule is OC(CNc1nc2ccc(Cl)cn2n1)c1ccsc1. The normalized spacial score (nSPS) is 12.7. The summed E-state index contributed by atoms with van der Waals surface area (Å²) in [5, 5.41) is 21.6. The van der Waals surface area contributed by atoms with Crippen molar-refractivity contribution in [1.82, 2.24) is 14.6 Å². The zero-order valence-corrected chi connectivity index (χ0v) is 11.4. The van der Waals surface area contributed by atoms with Crippen LogP contribution in [0.25, 0.3) is 5.65 Å². The number of pyridine rings is 1. The Kier molecular flexibility index (Phi) is 3.37. The minimum Gasteiger partial charge on any atom is -0.387 e. The summed E-state index contributed by atoms with van der Waals surface area (Å²) in [5.41, 5.74) is 1.60. The zero-order chi connectivity index (χ0) is 13.2. The fourth-order valence-corrected chi connectivity index (χ4v) is 2.57. The van der Waals surface area contributed by atoms with E-state index in [-0.39, 0.29) is 0 Å². The number of anilines is 1. The summed E-state index contributed by atoms with van der Waals surface area (Å²) >= 11 is 7.43. The first kappa shape index (κ1) is 12.4. The van der Waals surface area contributed by atoms with Crippen molar-refractivity contribution in [3.63, 3.8) is 0 Å². The molecule has 3 heterocycles. The Morgan fingerprint density at radius 1 is 1.42 bits per heavy atom. The molecule has 0 spiro atoms. The number of halogens is 1. The molecule has 0 aliphatic heterocycles. The molecule has 19 heavy (non-hydrogen) atoms. The van der Waals surface area contributed by atoms with Crippen LogP contribution >= 0.6 is 22.9 Å². The van der Waals surface area contributed by atoms with Gasteiger partial charge in [0.25, 0.3) is 0 Å². The van der Waals surface area contributed by atoms with Gasteiger partial charge < -0.3 is 10.4 Å². The van der Waals surface area contributed by atoms with Crippen molar-refractivity contribution in [2.45, 2.75) is 6.10 Å². The number of nitrogens with one attached hydrogen (secondary N) is 1. The van der Waals surface area contributed by atoms with E-state index in [0.29, 0.717) is 23.2 Å². The highest BCUT2D eigenvalue weighted by Crippen LogP contribution is 2.17. The van der Waals surface area contributed by atoms with E-state index in [1.165, 1.54) is 0 Å². The van der Waals surface area contributed by atoms with Gasteiger partial charge in [0, 0.05) is 12.7 Å². The van der Waals surface area contributed by atoms with Gasteiger partial charge in [0.1, 0.15) is 0 Å². The summed E-state index contributed by atoms with van der Waals surface area (Å²) in [7, 11) is 0. The highest BCUT2D eigenvalue weighted by molar-refractivity contribution is 7.07. The van der Waals surface area contributed by atoms with Crippen LogP contribution in [0.3, 0.4) is 0 Å². The van der Waals surface area contributed by atoms with Gasteiger partial charge in [-0.1, -0.05) is 11.6 Å². The summed E-state index contributed by atoms with van der Waals surface area (Å²) in [6.07, 6.45) is 1.12. The first-order valence-electron chi connectivity index (χ1n) is 5.68. The highest BCUT2D eigenvalue weighted by atomic mass is 35.5. The van der Waals surface area contributed by atoms with Gasteiger partial charge in [-0.3, -0.25) is 0 Å². The molecule has 7 heteroatoms. The zero-order valence-electron chi connectivity index (χ0n) is 9.82. The maximum absolute atomic E-state index is 9.95. The van der Waals surface area contributed by atoms with E-state index in [2.05, 4.69) is 15.4 Å². The van der Waals surface area contributed by atoms with Crippen LogP contribution in [0.15, 0.2) is 35.2 Å². The Hall–Kier alpha value is -1.63. The minimum absolute atomic E-state index is 0.362. The van der Waals surface area contributed by atoms with Crippen molar-refractivity contribution in [2.75, 3.05) is 11.9 Å². The topological polar surface area (TPSA) is 62.5 Å². The molecule has 0 aliphatic carbocycles. The van der Waals surface area contributed by atoms with E-state index in [4.69, 9.17) is 11.6 Å². The van der Waals surface area contributed by atoms with E-state index in [9.17, 15) is 5.11 Å². The van der Waals surface area contributed by atoms with Crippen LogP contribution in [0.1, 0.15) is 11.7 Å². The summed E-state index contributed by atoms with van der Waals surface area (Å²) in [6, 6.07) is 5.44. The van der Waals surface area contributed by atoms with E-state index in [1.54, 1.807) is 34.2 Å². The third kappa shape index (κ3) is 2.70. The average molecular weight is 295 g/mol. The molecule has 0 amide bonds. The molecule has 0 fully saturated rings. The standard InChI is InChI=1S/C12H11ClN4OS/c13-9-1-2-11-15-12(16-17(11)6-9)14-5-10(18)8-3-4-19-7-8/h1-4,6-7,10,18H,5H2,(H,14,16). The van der Waals surface area contributed by atoms with Crippen molar-refractivity contribution in [2.24, 2.45) is 0 Å². The third-order valence-electron chi connectivity index (χ3n) is 2.68. The van der Waals surface area contributed by atoms with Gasteiger partial charge in [-0.15, -0.1) is 5.10 Å². The van der Waals surface area contributed by atoms with Gasteiger partial charge in [0.05, 0.1) is 11.1 Å². The first-order chi connectivity index (χ1) is 9.22. The number of hydrogen-bond acceptors (Lipinski definition) is 5. The van der Waals surface area contributed by atoms with Gasteiger partial charge in [0.2, 0.25) is 5.95 Å². The Labute approximate surface area is 118 Å².